The van der Waals surface area contributed by atoms with E-state index in [1.54, 1.807) is 0 Å². The van der Waals surface area contributed by atoms with Gasteiger partial charge in [0.1, 0.15) is 6.73 Å². The van der Waals surface area contributed by atoms with Crippen LogP contribution in [0.1, 0.15) is 5.69 Å². The van der Waals surface area contributed by atoms with Gasteiger partial charge in [-0.1, -0.05) is 19.6 Å². The summed E-state index contributed by atoms with van der Waals surface area (Å²) in [5.41, 5.74) is 4.80. The molecule has 122 valence electrons. The van der Waals surface area contributed by atoms with Crippen molar-refractivity contribution >= 4 is 24.7 Å². The maximum Gasteiger partial charge on any atom is 0.435 e. The molecule has 2 N–H and O–H groups in total. The minimum Gasteiger partial charge on any atom is -0.397 e. The fourth-order valence-electron chi connectivity index (χ4n) is 1.97. The molecule has 0 aliphatic heterocycles. The van der Waals surface area contributed by atoms with Crippen LogP contribution in [0.3, 0.4) is 0 Å². The van der Waals surface area contributed by atoms with Gasteiger partial charge in [-0.25, -0.2) is 4.68 Å². The van der Waals surface area contributed by atoms with E-state index in [1.165, 1.54) is 12.4 Å². The topological polar surface area (TPSA) is 66.0 Å². The maximum atomic E-state index is 13.1. The van der Waals surface area contributed by atoms with Crippen LogP contribution in [0.5, 0.6) is 0 Å². The van der Waals surface area contributed by atoms with Crippen molar-refractivity contribution in [3.8, 4) is 0 Å². The first-order chi connectivity index (χ1) is 10.1. The number of nitrogens with two attached hydrogens (primary N) is 1. The van der Waals surface area contributed by atoms with Gasteiger partial charge in [-0.05, 0) is 6.04 Å². The molecule has 2 rings (SSSR count). The molecule has 0 unspecified atom stereocenters. The summed E-state index contributed by atoms with van der Waals surface area (Å²) in [7, 11) is -1.25. The van der Waals surface area contributed by atoms with E-state index in [2.05, 4.69) is 29.7 Å². The van der Waals surface area contributed by atoms with Crippen LogP contribution in [0.4, 0.5) is 18.9 Å². The number of aromatic nitrogens is 3. The number of anilines is 1. The number of fused-ring (bicyclic) bond motifs is 1. The molecular formula is C13H19F3N4OSi. The minimum atomic E-state index is -4.57. The van der Waals surface area contributed by atoms with Crippen LogP contribution < -0.4 is 5.73 Å². The highest BCUT2D eigenvalue weighted by Gasteiger charge is 2.37. The number of halogens is 3. The molecule has 0 bridgehead atoms. The highest BCUT2D eigenvalue weighted by atomic mass is 28.3. The Kier molecular flexibility index (Phi) is 4.48. The highest BCUT2D eigenvalue weighted by Crippen LogP contribution is 2.36. The van der Waals surface area contributed by atoms with Crippen molar-refractivity contribution in [1.29, 1.82) is 0 Å². The molecule has 0 fully saturated rings. The third-order valence-electron chi connectivity index (χ3n) is 3.17. The number of pyridine rings is 1. The summed E-state index contributed by atoms with van der Waals surface area (Å²) >= 11 is 0. The van der Waals surface area contributed by atoms with Crippen LogP contribution in [0, 0.1) is 0 Å². The summed E-state index contributed by atoms with van der Waals surface area (Å²) in [6.07, 6.45) is -2.07. The van der Waals surface area contributed by atoms with E-state index in [9.17, 15) is 13.2 Å². The van der Waals surface area contributed by atoms with Gasteiger partial charge in [-0.3, -0.25) is 4.98 Å². The van der Waals surface area contributed by atoms with Crippen LogP contribution in [0.25, 0.3) is 10.9 Å². The minimum absolute atomic E-state index is 0.0434. The fourth-order valence-corrected chi connectivity index (χ4v) is 2.73. The Morgan fingerprint density at radius 1 is 1.27 bits per heavy atom. The van der Waals surface area contributed by atoms with Crippen LogP contribution in [0.15, 0.2) is 12.4 Å². The number of ether oxygens (including phenoxy) is 1. The van der Waals surface area contributed by atoms with E-state index in [0.717, 1.165) is 10.7 Å². The van der Waals surface area contributed by atoms with Gasteiger partial charge in [-0.2, -0.15) is 18.3 Å². The second kappa shape index (κ2) is 5.88. The Balaban J connectivity index is 2.26. The van der Waals surface area contributed by atoms with Crippen LogP contribution in [-0.4, -0.2) is 29.4 Å². The maximum absolute atomic E-state index is 13.1. The third kappa shape index (κ3) is 3.77. The monoisotopic (exact) mass is 332 g/mol. The summed E-state index contributed by atoms with van der Waals surface area (Å²) in [5, 5.41) is 3.48. The van der Waals surface area contributed by atoms with E-state index in [1.807, 2.05) is 0 Å². The lowest BCUT2D eigenvalue weighted by atomic mass is 10.2. The van der Waals surface area contributed by atoms with E-state index in [-0.39, 0.29) is 23.3 Å². The normalized spacial score (nSPS) is 13.0. The lowest BCUT2D eigenvalue weighted by molar-refractivity contribution is -0.140. The summed E-state index contributed by atoms with van der Waals surface area (Å²) < 4.78 is 45.8. The van der Waals surface area contributed by atoms with Gasteiger partial charge >= 0.3 is 6.18 Å². The van der Waals surface area contributed by atoms with E-state index in [0.29, 0.717) is 6.61 Å². The lowest BCUT2D eigenvalue weighted by Gasteiger charge is -2.15. The molecular weight excluding hydrogens is 313 g/mol. The number of rotatable bonds is 5. The molecule has 0 radical (unpaired) electrons. The Hall–Kier alpha value is -1.61. The molecule has 0 spiro atoms. The van der Waals surface area contributed by atoms with Gasteiger partial charge < -0.3 is 10.5 Å². The van der Waals surface area contributed by atoms with Crippen LogP contribution >= 0.6 is 0 Å². The number of nitrogens with zero attached hydrogens (tertiary/aromatic N) is 3. The molecule has 22 heavy (non-hydrogen) atoms. The number of nitrogen functional groups attached to an aromatic ring is 1. The van der Waals surface area contributed by atoms with Crippen molar-refractivity contribution in [3.05, 3.63) is 18.1 Å². The summed E-state index contributed by atoms with van der Waals surface area (Å²) in [5.74, 6) is 0. The zero-order valence-corrected chi connectivity index (χ0v) is 13.7. The van der Waals surface area contributed by atoms with E-state index < -0.39 is 19.9 Å². The number of hydrogen-bond donors (Lipinski definition) is 1. The number of hydrogen-bond acceptors (Lipinski definition) is 4. The Morgan fingerprint density at radius 3 is 2.55 bits per heavy atom. The summed E-state index contributed by atoms with van der Waals surface area (Å²) in [6, 6.07) is 0.929. The molecule has 0 aliphatic rings. The fraction of sp³-hybridized carbons (Fsp3) is 0.538. The first-order valence-electron chi connectivity index (χ1n) is 6.84. The second-order valence-electron chi connectivity index (χ2n) is 6.32. The van der Waals surface area contributed by atoms with Crippen LogP contribution in [0.2, 0.25) is 25.7 Å². The smallest absolute Gasteiger partial charge is 0.397 e. The first-order valence-corrected chi connectivity index (χ1v) is 10.6. The summed E-state index contributed by atoms with van der Waals surface area (Å²) in [6.45, 7) is 7.04. The molecule has 5 nitrogen and oxygen atoms in total. The standard InChI is InChI=1S/C13H19F3N4OSi/c1-22(2,3)5-4-21-8-20-10-7-18-6-9(17)11(10)12(19-20)13(14,15)16/h6-7H,4-5,8,17H2,1-3H3. The largest absolute Gasteiger partial charge is 0.435 e. The molecule has 0 atom stereocenters. The molecule has 0 saturated heterocycles. The Morgan fingerprint density at radius 2 is 1.95 bits per heavy atom. The van der Waals surface area contributed by atoms with Gasteiger partial charge in [0.2, 0.25) is 0 Å². The predicted molar refractivity (Wildman–Crippen MR) is 81.0 cm³/mol. The van der Waals surface area contributed by atoms with Crippen molar-refractivity contribution in [2.75, 3.05) is 12.3 Å². The van der Waals surface area contributed by atoms with Crippen molar-refractivity contribution in [2.24, 2.45) is 0 Å². The SMILES string of the molecule is C[Si](C)(C)CCOCn1nc(C(F)(F)F)c2c(N)cncc21. The average Bonchev–Trinajstić information content (AvgIpc) is 2.74. The second-order valence-corrected chi connectivity index (χ2v) is 11.9. The lowest BCUT2D eigenvalue weighted by Crippen LogP contribution is -2.22. The van der Waals surface area contributed by atoms with Gasteiger partial charge in [0, 0.05) is 14.7 Å². The van der Waals surface area contributed by atoms with Gasteiger partial charge in [-0.15, -0.1) is 0 Å². The third-order valence-corrected chi connectivity index (χ3v) is 4.87. The average molecular weight is 332 g/mol. The zero-order valence-electron chi connectivity index (χ0n) is 12.7. The van der Waals surface area contributed by atoms with Crippen molar-refractivity contribution < 1.29 is 17.9 Å². The zero-order chi connectivity index (χ0) is 16.5. The van der Waals surface area contributed by atoms with Crippen molar-refractivity contribution in [2.45, 2.75) is 38.6 Å². The number of alkyl halides is 3. The van der Waals surface area contributed by atoms with Gasteiger partial charge in [0.05, 0.1) is 29.0 Å². The molecule has 0 saturated carbocycles. The molecule has 2 heterocycles. The molecule has 9 heteroatoms. The van der Waals surface area contributed by atoms with E-state index in [4.69, 9.17) is 10.5 Å². The Labute approximate surface area is 127 Å². The molecule has 2 aromatic heterocycles. The Bertz CT molecular complexity index is 664. The first kappa shape index (κ1) is 16.8. The van der Waals surface area contributed by atoms with E-state index >= 15 is 0 Å². The molecule has 0 aliphatic carbocycles. The highest BCUT2D eigenvalue weighted by molar-refractivity contribution is 6.76. The van der Waals surface area contributed by atoms with Gasteiger partial charge in [0.15, 0.2) is 5.69 Å². The summed E-state index contributed by atoms with van der Waals surface area (Å²) in [4.78, 5) is 3.83. The van der Waals surface area contributed by atoms with Crippen LogP contribution in [-0.2, 0) is 17.6 Å². The predicted octanol–water partition coefficient (Wildman–Crippen LogP) is 3.34. The van der Waals surface area contributed by atoms with Crippen molar-refractivity contribution in [3.63, 3.8) is 0 Å². The molecule has 0 amide bonds. The quantitative estimate of drug-likeness (QED) is 0.673. The molecule has 2 aromatic rings. The van der Waals surface area contributed by atoms with Crippen molar-refractivity contribution in [1.82, 2.24) is 14.8 Å². The molecule has 0 aromatic carbocycles. The van der Waals surface area contributed by atoms with Gasteiger partial charge in [0.25, 0.3) is 0 Å².